The summed E-state index contributed by atoms with van der Waals surface area (Å²) in [4.78, 5) is 36.8. The summed E-state index contributed by atoms with van der Waals surface area (Å²) in [5.74, 6) is -1.45. The number of rotatable bonds is 36. The van der Waals surface area contributed by atoms with Crippen molar-refractivity contribution >= 4 is 17.9 Å². The second-order valence-corrected chi connectivity index (χ2v) is 14.9. The molecular weight excluding hydrogens is 606 g/mol. The molecule has 0 aromatic rings. The third-order valence-corrected chi connectivity index (χ3v) is 9.26. The fraction of sp³-hybridized carbons (Fsp3) is 0.925. The summed E-state index contributed by atoms with van der Waals surface area (Å²) >= 11 is 0. The van der Waals surface area contributed by atoms with E-state index in [1.165, 1.54) is 116 Å². The van der Waals surface area contributed by atoms with Gasteiger partial charge in [-0.15, -0.1) is 0 Å². The number of likely N-dealkylation sites (N-methyl/N-ethyl adjacent to an activating group) is 1. The van der Waals surface area contributed by atoms with Gasteiger partial charge in [-0.1, -0.05) is 155 Å². The summed E-state index contributed by atoms with van der Waals surface area (Å²) in [6.45, 7) is 4.74. The highest BCUT2D eigenvalue weighted by Crippen LogP contribution is 2.15. The molecule has 0 heterocycles. The molecule has 0 radical (unpaired) electrons. The molecule has 0 aromatic carbocycles. The number of unbranched alkanes of at least 4 members (excludes halogenated alkanes) is 22. The van der Waals surface area contributed by atoms with E-state index in [1.54, 1.807) is 0 Å². The first kappa shape index (κ1) is 46.3. The second kappa shape index (κ2) is 32.5. The Bertz CT molecular complexity index is 767. The molecule has 284 valence electrons. The van der Waals surface area contributed by atoms with Crippen LogP contribution in [0.3, 0.4) is 0 Å². The monoisotopic (exact) mass is 685 g/mol. The van der Waals surface area contributed by atoms with Gasteiger partial charge in [0.05, 0.1) is 34.4 Å². The summed E-state index contributed by atoms with van der Waals surface area (Å²) in [5.41, 5.74) is 0. The first-order chi connectivity index (χ1) is 23.1. The Hall–Kier alpha value is -1.67. The van der Waals surface area contributed by atoms with E-state index in [0.717, 1.165) is 38.5 Å². The summed E-state index contributed by atoms with van der Waals surface area (Å²) in [5, 5.41) is 9.58. The van der Waals surface area contributed by atoms with Crippen LogP contribution >= 0.6 is 0 Å². The third-order valence-electron chi connectivity index (χ3n) is 9.26. The molecule has 0 spiro atoms. The Morgan fingerprint density at radius 3 is 1.29 bits per heavy atom. The fourth-order valence-corrected chi connectivity index (χ4v) is 6.09. The summed E-state index contributed by atoms with van der Waals surface area (Å²) in [6.07, 6.45) is 29.9. The topological polar surface area (TPSA) is 99.1 Å². The molecule has 0 aliphatic heterocycles. The molecule has 0 aliphatic carbocycles. The van der Waals surface area contributed by atoms with E-state index < -0.39 is 18.1 Å². The van der Waals surface area contributed by atoms with Crippen molar-refractivity contribution in [3.63, 3.8) is 0 Å². The van der Waals surface area contributed by atoms with Gasteiger partial charge in [-0.3, -0.25) is 9.59 Å². The number of esters is 2. The van der Waals surface area contributed by atoms with Gasteiger partial charge in [-0.05, 0) is 12.8 Å². The van der Waals surface area contributed by atoms with Crippen LogP contribution in [0.1, 0.15) is 187 Å². The molecule has 0 aliphatic rings. The predicted molar refractivity (Wildman–Crippen MR) is 197 cm³/mol. The molecule has 48 heavy (non-hydrogen) atoms. The normalized spacial score (nSPS) is 12.9. The van der Waals surface area contributed by atoms with Crippen LogP contribution in [0.15, 0.2) is 0 Å². The van der Waals surface area contributed by atoms with Crippen LogP contribution in [0, 0.1) is 0 Å². The zero-order valence-electron chi connectivity index (χ0n) is 32.2. The van der Waals surface area contributed by atoms with E-state index >= 15 is 0 Å². The van der Waals surface area contributed by atoms with Gasteiger partial charge in [0.2, 0.25) is 0 Å². The molecule has 0 amide bonds. The molecule has 0 aromatic heterocycles. The molecule has 8 heteroatoms. The van der Waals surface area contributed by atoms with Gasteiger partial charge in [0, 0.05) is 19.3 Å². The lowest BCUT2D eigenvalue weighted by Crippen LogP contribution is -2.50. The molecule has 0 bridgehead atoms. The largest absolute Gasteiger partial charge is 0.477 e. The number of quaternary nitrogens is 1. The van der Waals surface area contributed by atoms with Crippen LogP contribution in [0.4, 0.5) is 0 Å². The minimum Gasteiger partial charge on any atom is -0.477 e. The van der Waals surface area contributed by atoms with Crippen LogP contribution in [0.25, 0.3) is 0 Å². The number of hydrogen-bond acceptors (Lipinski definition) is 6. The van der Waals surface area contributed by atoms with Crippen molar-refractivity contribution in [2.45, 2.75) is 199 Å². The van der Waals surface area contributed by atoms with Crippen LogP contribution in [0.5, 0.6) is 0 Å². The Kier molecular flexibility index (Phi) is 31.4. The Morgan fingerprint density at radius 2 is 0.917 bits per heavy atom. The van der Waals surface area contributed by atoms with Gasteiger partial charge in [0.15, 0.2) is 12.1 Å². The number of carboxylic acids is 1. The number of nitrogens with zero attached hydrogens (tertiary/aromatic N) is 1. The van der Waals surface area contributed by atoms with E-state index in [-0.39, 0.29) is 36.2 Å². The highest BCUT2D eigenvalue weighted by Gasteiger charge is 2.31. The van der Waals surface area contributed by atoms with Gasteiger partial charge in [0.25, 0.3) is 0 Å². The number of ether oxygens (including phenoxy) is 3. The zero-order valence-corrected chi connectivity index (χ0v) is 32.2. The maximum Gasteiger partial charge on any atom is 0.362 e. The van der Waals surface area contributed by atoms with Gasteiger partial charge in [-0.2, -0.15) is 0 Å². The maximum atomic E-state index is 12.7. The Morgan fingerprint density at radius 1 is 0.542 bits per heavy atom. The highest BCUT2D eigenvalue weighted by molar-refractivity contribution is 5.72. The lowest BCUT2D eigenvalue weighted by Gasteiger charge is -2.31. The van der Waals surface area contributed by atoms with Crippen LogP contribution in [-0.2, 0) is 28.6 Å². The van der Waals surface area contributed by atoms with Crippen molar-refractivity contribution < 1.29 is 38.2 Å². The van der Waals surface area contributed by atoms with E-state index in [2.05, 4.69) is 13.8 Å². The summed E-state index contributed by atoms with van der Waals surface area (Å²) < 4.78 is 17.2. The number of carbonyl (C=O) groups is 3. The van der Waals surface area contributed by atoms with Crippen LogP contribution < -0.4 is 0 Å². The van der Waals surface area contributed by atoms with Crippen molar-refractivity contribution in [1.82, 2.24) is 0 Å². The standard InChI is InChI=1S/C40H77NO7/c1-6-8-10-12-14-16-18-19-20-21-23-25-27-29-31-39(43)48-36(34-46-33-32-37(40(44)45)41(3,4)5)35-47-38(42)30-28-26-24-22-17-15-13-11-9-7-2/h36-37H,6-35H2,1-5H3/p+1. The highest BCUT2D eigenvalue weighted by atomic mass is 16.6. The molecule has 1 N–H and O–H groups in total. The molecule has 8 nitrogen and oxygen atoms in total. The summed E-state index contributed by atoms with van der Waals surface area (Å²) in [6, 6.07) is -0.606. The SMILES string of the molecule is CCCCCCCCCCCCCCCCC(=O)OC(COCCC(C(=O)O)[N+](C)(C)C)COC(=O)CCCCCCCCCCCC. The van der Waals surface area contributed by atoms with Crippen LogP contribution in [0.2, 0.25) is 0 Å². The molecule has 2 unspecified atom stereocenters. The quantitative estimate of drug-likeness (QED) is 0.0398. The van der Waals surface area contributed by atoms with E-state index in [1.807, 2.05) is 21.1 Å². The number of carboxylic acid groups (broad SMARTS) is 1. The van der Waals surface area contributed by atoms with Gasteiger partial charge < -0.3 is 23.8 Å². The van der Waals surface area contributed by atoms with Crippen molar-refractivity contribution in [1.29, 1.82) is 0 Å². The molecule has 0 fully saturated rings. The van der Waals surface area contributed by atoms with E-state index in [4.69, 9.17) is 14.2 Å². The Labute approximate surface area is 296 Å². The third kappa shape index (κ3) is 30.4. The van der Waals surface area contributed by atoms with Gasteiger partial charge in [-0.25, -0.2) is 4.79 Å². The van der Waals surface area contributed by atoms with Crippen LogP contribution in [-0.4, -0.2) is 80.6 Å². The van der Waals surface area contributed by atoms with Gasteiger partial charge in [0.1, 0.15) is 6.61 Å². The number of carbonyl (C=O) groups excluding carboxylic acids is 2. The van der Waals surface area contributed by atoms with E-state index in [0.29, 0.717) is 19.3 Å². The molecule has 0 saturated heterocycles. The number of aliphatic carboxylic acids is 1. The van der Waals surface area contributed by atoms with Crippen molar-refractivity contribution in [2.24, 2.45) is 0 Å². The molecular formula is C40H78NO7+. The lowest BCUT2D eigenvalue weighted by molar-refractivity contribution is -0.887. The summed E-state index contributed by atoms with van der Waals surface area (Å²) in [7, 11) is 5.53. The smallest absolute Gasteiger partial charge is 0.362 e. The average Bonchev–Trinajstić information content (AvgIpc) is 3.03. The first-order valence-corrected chi connectivity index (χ1v) is 20.1. The lowest BCUT2D eigenvalue weighted by atomic mass is 10.0. The molecule has 0 saturated carbocycles. The molecule has 2 atom stereocenters. The zero-order chi connectivity index (χ0) is 35.7. The molecule has 0 rings (SSSR count). The first-order valence-electron chi connectivity index (χ1n) is 20.1. The minimum absolute atomic E-state index is 0.0429. The minimum atomic E-state index is -0.872. The Balaban J connectivity index is 4.36. The maximum absolute atomic E-state index is 12.7. The van der Waals surface area contributed by atoms with E-state index in [9.17, 15) is 19.5 Å². The van der Waals surface area contributed by atoms with Crippen molar-refractivity contribution in [3.8, 4) is 0 Å². The van der Waals surface area contributed by atoms with Crippen molar-refractivity contribution in [3.05, 3.63) is 0 Å². The van der Waals surface area contributed by atoms with Gasteiger partial charge >= 0.3 is 17.9 Å². The number of hydrogen-bond donors (Lipinski definition) is 1. The average molecular weight is 685 g/mol. The van der Waals surface area contributed by atoms with Crippen molar-refractivity contribution in [2.75, 3.05) is 41.0 Å². The predicted octanol–water partition coefficient (Wildman–Crippen LogP) is 10.2. The second-order valence-electron chi connectivity index (χ2n) is 14.9. The fourth-order valence-electron chi connectivity index (χ4n) is 6.09.